The number of nitrogens with zero attached hydrogens (tertiary/aromatic N) is 1. The van der Waals surface area contributed by atoms with Gasteiger partial charge in [0.25, 0.3) is 0 Å². The maximum Gasteiger partial charge on any atom is 0.411 e. The molecule has 0 unspecified atom stereocenters. The van der Waals surface area contributed by atoms with Crippen LogP contribution in [0.15, 0.2) is 48.5 Å². The summed E-state index contributed by atoms with van der Waals surface area (Å²) in [5, 5.41) is 1.89. The molecule has 1 amide bonds. The molecule has 0 saturated heterocycles. The van der Waals surface area contributed by atoms with E-state index in [9.17, 15) is 4.79 Å². The number of amides is 1. The fourth-order valence-electron chi connectivity index (χ4n) is 3.75. The number of aromatic amines is 1. The molecule has 4 rings (SSSR count). The molecular formula is C22H23ClN2O2. The second kappa shape index (κ2) is 6.61. The highest BCUT2D eigenvalue weighted by Gasteiger charge is 2.36. The van der Waals surface area contributed by atoms with Gasteiger partial charge in [-0.15, -0.1) is 0 Å². The number of halogens is 1. The molecule has 1 aliphatic rings. The number of H-pyrrole nitrogens is 1. The van der Waals surface area contributed by atoms with E-state index in [1.165, 1.54) is 10.9 Å². The minimum atomic E-state index is -0.539. The average Bonchev–Trinajstić information content (AvgIpc) is 2.99. The van der Waals surface area contributed by atoms with Gasteiger partial charge in [0, 0.05) is 28.2 Å². The van der Waals surface area contributed by atoms with Crippen molar-refractivity contribution in [3.8, 4) is 0 Å². The highest BCUT2D eigenvalue weighted by Crippen LogP contribution is 2.39. The number of nitrogens with one attached hydrogen (secondary N) is 1. The summed E-state index contributed by atoms with van der Waals surface area (Å²) in [7, 11) is 0. The highest BCUT2D eigenvalue weighted by molar-refractivity contribution is 6.30. The number of carbonyl (C=O) groups is 1. The average molecular weight is 383 g/mol. The maximum atomic E-state index is 13.0. The number of hydrogen-bond donors (Lipinski definition) is 1. The van der Waals surface area contributed by atoms with Crippen LogP contribution in [0.2, 0.25) is 5.02 Å². The van der Waals surface area contributed by atoms with E-state index in [1.807, 2.05) is 62.1 Å². The van der Waals surface area contributed by atoms with Crippen LogP contribution in [-0.4, -0.2) is 28.1 Å². The Bertz CT molecular complexity index is 986. The van der Waals surface area contributed by atoms with E-state index in [0.717, 1.165) is 23.2 Å². The van der Waals surface area contributed by atoms with Crippen LogP contribution < -0.4 is 0 Å². The zero-order valence-corrected chi connectivity index (χ0v) is 16.5. The summed E-state index contributed by atoms with van der Waals surface area (Å²) < 4.78 is 5.69. The van der Waals surface area contributed by atoms with E-state index >= 15 is 0 Å². The minimum Gasteiger partial charge on any atom is -0.444 e. The maximum absolute atomic E-state index is 13.0. The van der Waals surface area contributed by atoms with Gasteiger partial charge in [-0.05, 0) is 56.5 Å². The highest BCUT2D eigenvalue weighted by atomic mass is 35.5. The van der Waals surface area contributed by atoms with Crippen LogP contribution in [0.4, 0.5) is 4.79 Å². The van der Waals surface area contributed by atoms with Gasteiger partial charge in [-0.1, -0.05) is 41.9 Å². The Kier molecular flexibility index (Phi) is 4.39. The minimum absolute atomic E-state index is 0.228. The summed E-state index contributed by atoms with van der Waals surface area (Å²) in [6.45, 7) is 6.28. The number of ether oxygens (including phenoxy) is 1. The van der Waals surface area contributed by atoms with Gasteiger partial charge < -0.3 is 9.72 Å². The lowest BCUT2D eigenvalue weighted by atomic mass is 9.93. The molecule has 140 valence electrons. The normalized spacial score (nSPS) is 17.0. The van der Waals surface area contributed by atoms with E-state index in [2.05, 4.69) is 17.1 Å². The van der Waals surface area contributed by atoms with Crippen LogP contribution in [0.5, 0.6) is 0 Å². The predicted molar refractivity (Wildman–Crippen MR) is 108 cm³/mol. The summed E-state index contributed by atoms with van der Waals surface area (Å²) in [4.78, 5) is 18.3. The Morgan fingerprint density at radius 2 is 1.85 bits per heavy atom. The Balaban J connectivity index is 1.83. The van der Waals surface area contributed by atoms with E-state index in [1.54, 1.807) is 0 Å². The fourth-order valence-corrected chi connectivity index (χ4v) is 3.88. The Hall–Kier alpha value is -2.46. The first-order chi connectivity index (χ1) is 12.8. The monoisotopic (exact) mass is 382 g/mol. The molecular weight excluding hydrogens is 360 g/mol. The number of rotatable bonds is 1. The number of benzene rings is 2. The number of carbonyl (C=O) groups excluding carboxylic acids is 1. The van der Waals surface area contributed by atoms with Gasteiger partial charge in [-0.2, -0.15) is 0 Å². The topological polar surface area (TPSA) is 45.3 Å². The molecule has 0 saturated carbocycles. The fraction of sp³-hybridized carbons (Fsp3) is 0.318. The van der Waals surface area contributed by atoms with Gasteiger partial charge in [-0.3, -0.25) is 4.90 Å². The first-order valence-electron chi connectivity index (χ1n) is 9.18. The third-order valence-corrected chi connectivity index (χ3v) is 5.10. The Labute approximate surface area is 164 Å². The van der Waals surface area contributed by atoms with Gasteiger partial charge in [0.15, 0.2) is 0 Å². The first-order valence-corrected chi connectivity index (χ1v) is 9.56. The quantitative estimate of drug-likeness (QED) is 0.586. The van der Waals surface area contributed by atoms with Crippen molar-refractivity contribution in [1.82, 2.24) is 9.88 Å². The molecule has 0 radical (unpaired) electrons. The summed E-state index contributed by atoms with van der Waals surface area (Å²) in [5.74, 6) is 0. The third kappa shape index (κ3) is 3.42. The summed E-state index contributed by atoms with van der Waals surface area (Å²) in [6.07, 6.45) is 0.495. The summed E-state index contributed by atoms with van der Waals surface area (Å²) in [5.41, 5.74) is 3.88. The SMILES string of the molecule is CC(C)(C)OC(=O)N1CCc2c([nH]c3ccccc23)[C@@H]1c1ccc(Cl)cc1. The van der Waals surface area contributed by atoms with Gasteiger partial charge in [0.2, 0.25) is 0 Å². The van der Waals surface area contributed by atoms with Crippen LogP contribution in [0.3, 0.4) is 0 Å². The van der Waals surface area contributed by atoms with Crippen LogP contribution in [0.25, 0.3) is 10.9 Å². The molecule has 0 bridgehead atoms. The van der Waals surface area contributed by atoms with E-state index in [-0.39, 0.29) is 12.1 Å². The second-order valence-corrected chi connectivity index (χ2v) is 8.38. The lowest BCUT2D eigenvalue weighted by Gasteiger charge is -2.37. The molecule has 27 heavy (non-hydrogen) atoms. The molecule has 4 nitrogen and oxygen atoms in total. The number of hydrogen-bond acceptors (Lipinski definition) is 2. The van der Waals surface area contributed by atoms with Crippen molar-refractivity contribution in [2.24, 2.45) is 0 Å². The summed E-state index contributed by atoms with van der Waals surface area (Å²) in [6, 6.07) is 15.7. The zero-order valence-electron chi connectivity index (χ0n) is 15.8. The predicted octanol–water partition coefficient (Wildman–Crippen LogP) is 5.70. The molecule has 1 atom stereocenters. The van der Waals surface area contributed by atoms with Crippen molar-refractivity contribution in [1.29, 1.82) is 0 Å². The van der Waals surface area contributed by atoms with Crippen molar-refractivity contribution >= 4 is 28.6 Å². The Morgan fingerprint density at radius 1 is 1.15 bits per heavy atom. The van der Waals surface area contributed by atoms with Crippen LogP contribution in [0.1, 0.15) is 43.6 Å². The molecule has 1 aromatic heterocycles. The van der Waals surface area contributed by atoms with E-state index in [4.69, 9.17) is 16.3 Å². The van der Waals surface area contributed by atoms with Gasteiger partial charge >= 0.3 is 6.09 Å². The molecule has 2 heterocycles. The number of aromatic nitrogens is 1. The smallest absolute Gasteiger partial charge is 0.411 e. The van der Waals surface area contributed by atoms with Gasteiger partial charge in [0.05, 0.1) is 0 Å². The zero-order chi connectivity index (χ0) is 19.2. The largest absolute Gasteiger partial charge is 0.444 e. The third-order valence-electron chi connectivity index (χ3n) is 4.85. The molecule has 3 aromatic rings. The Morgan fingerprint density at radius 3 is 2.56 bits per heavy atom. The lowest BCUT2D eigenvalue weighted by Crippen LogP contribution is -2.43. The lowest BCUT2D eigenvalue weighted by molar-refractivity contribution is 0.0175. The van der Waals surface area contributed by atoms with Crippen molar-refractivity contribution in [2.45, 2.75) is 38.8 Å². The van der Waals surface area contributed by atoms with Gasteiger partial charge in [0.1, 0.15) is 11.6 Å². The van der Waals surface area contributed by atoms with Crippen LogP contribution in [0, 0.1) is 0 Å². The van der Waals surface area contributed by atoms with Crippen molar-refractivity contribution in [3.05, 3.63) is 70.4 Å². The first kappa shape index (κ1) is 17.9. The summed E-state index contributed by atoms with van der Waals surface area (Å²) >= 11 is 6.09. The van der Waals surface area contributed by atoms with Crippen LogP contribution in [-0.2, 0) is 11.2 Å². The molecule has 1 aliphatic heterocycles. The molecule has 0 spiro atoms. The van der Waals surface area contributed by atoms with Crippen molar-refractivity contribution < 1.29 is 9.53 Å². The number of fused-ring (bicyclic) bond motifs is 3. The molecule has 0 fully saturated rings. The number of para-hydroxylation sites is 1. The molecule has 0 aliphatic carbocycles. The van der Waals surface area contributed by atoms with Crippen LogP contribution >= 0.6 is 11.6 Å². The van der Waals surface area contributed by atoms with E-state index < -0.39 is 5.60 Å². The molecule has 5 heteroatoms. The second-order valence-electron chi connectivity index (χ2n) is 7.94. The van der Waals surface area contributed by atoms with Crippen molar-refractivity contribution in [2.75, 3.05) is 6.54 Å². The molecule has 2 aromatic carbocycles. The standard InChI is InChI=1S/C22H23ClN2O2/c1-22(2,3)27-21(26)25-13-12-17-16-6-4-5-7-18(16)24-19(17)20(25)14-8-10-15(23)11-9-14/h4-11,20,24H,12-13H2,1-3H3/t20-/m0/s1. The van der Waals surface area contributed by atoms with Crippen molar-refractivity contribution in [3.63, 3.8) is 0 Å². The van der Waals surface area contributed by atoms with E-state index in [0.29, 0.717) is 11.6 Å². The molecule has 1 N–H and O–H groups in total. The van der Waals surface area contributed by atoms with Gasteiger partial charge in [-0.25, -0.2) is 4.79 Å².